The molecule has 0 radical (unpaired) electrons. The molecule has 0 heterocycles. The lowest BCUT2D eigenvalue weighted by molar-refractivity contribution is -0.255. The lowest BCUT2D eigenvalue weighted by atomic mass is 10.1. The van der Waals surface area contributed by atoms with Gasteiger partial charge in [0.2, 0.25) is 0 Å². The number of rotatable bonds is 3. The molecule has 1 aromatic rings. The highest BCUT2D eigenvalue weighted by atomic mass is 16.4. The molecule has 0 amide bonds. The van der Waals surface area contributed by atoms with Gasteiger partial charge in [0, 0.05) is 0 Å². The minimum absolute atomic E-state index is 0. The van der Waals surface area contributed by atoms with E-state index in [4.69, 9.17) is 5.11 Å². The summed E-state index contributed by atoms with van der Waals surface area (Å²) in [6.45, 7) is 0. The number of carbonyl (C=O) groups excluding carboxylic acids is 2. The van der Waals surface area contributed by atoms with Gasteiger partial charge in [-0.1, -0.05) is 0 Å². The van der Waals surface area contributed by atoms with Crippen molar-refractivity contribution < 1.29 is 29.7 Å². The maximum Gasteiger partial charge on any atom is 0.335 e. The van der Waals surface area contributed by atoms with Crippen LogP contribution in [0.4, 0.5) is 0 Å². The van der Waals surface area contributed by atoms with Crippen LogP contribution in [0.15, 0.2) is 18.2 Å². The third kappa shape index (κ3) is 3.89. The topological polar surface area (TPSA) is 191 Å². The molecule has 1 aromatic carbocycles. The maximum atomic E-state index is 10.5. The second-order valence-electron chi connectivity index (χ2n) is 2.68. The second kappa shape index (κ2) is 6.20. The van der Waals surface area contributed by atoms with Gasteiger partial charge in [0.05, 0.1) is 17.5 Å². The molecule has 0 spiro atoms. The van der Waals surface area contributed by atoms with Gasteiger partial charge >= 0.3 is 5.97 Å². The van der Waals surface area contributed by atoms with Crippen LogP contribution in [0.25, 0.3) is 0 Å². The second-order valence-corrected chi connectivity index (χ2v) is 2.68. The zero-order valence-corrected chi connectivity index (χ0v) is 9.22. The average molecular weight is 244 g/mol. The van der Waals surface area contributed by atoms with Crippen LogP contribution in [0.1, 0.15) is 31.1 Å². The summed E-state index contributed by atoms with van der Waals surface area (Å²) < 4.78 is 0. The summed E-state index contributed by atoms with van der Waals surface area (Å²) in [6, 6.07) is 2.39. The lowest BCUT2D eigenvalue weighted by Crippen LogP contribution is -2.26. The Kier molecular flexibility index (Phi) is 6.19. The van der Waals surface area contributed by atoms with Crippen LogP contribution in [0.3, 0.4) is 0 Å². The Morgan fingerprint density at radius 3 is 1.35 bits per heavy atom. The fraction of sp³-hybridized carbons (Fsp3) is 0. The van der Waals surface area contributed by atoms with Gasteiger partial charge in [0.15, 0.2) is 0 Å². The van der Waals surface area contributed by atoms with Crippen molar-refractivity contribution in [3.8, 4) is 0 Å². The van der Waals surface area contributed by atoms with Crippen molar-refractivity contribution in [2.24, 2.45) is 0 Å². The molecule has 0 aliphatic rings. The van der Waals surface area contributed by atoms with Gasteiger partial charge in [-0.2, -0.15) is 0 Å². The Bertz CT molecular complexity index is 378. The summed E-state index contributed by atoms with van der Waals surface area (Å²) in [5, 5.41) is 29.4. The molecule has 94 valence electrons. The van der Waals surface area contributed by atoms with E-state index in [-0.39, 0.29) is 12.3 Å². The standard InChI is InChI=1S/C9H6O6.2H3N/c10-7(11)4-1-5(8(12)13)3-6(2-4)9(14)15;;/h1-3H,(H,10,11)(H,12,13)(H,14,15);2*1H3. The first-order chi connectivity index (χ1) is 6.91. The van der Waals surface area contributed by atoms with Crippen molar-refractivity contribution in [2.75, 3.05) is 0 Å². The Morgan fingerprint density at radius 1 is 0.824 bits per heavy atom. The van der Waals surface area contributed by atoms with Crippen LogP contribution in [0, 0.1) is 0 Å². The van der Waals surface area contributed by atoms with Gasteiger partial charge in [-0.05, 0) is 29.3 Å². The predicted octanol–water partition coefficient (Wildman–Crippen LogP) is -1.14. The summed E-state index contributed by atoms with van der Waals surface area (Å²) in [6.07, 6.45) is 0. The molecule has 0 fully saturated rings. The van der Waals surface area contributed by atoms with E-state index >= 15 is 0 Å². The van der Waals surface area contributed by atoms with Crippen LogP contribution in [0.2, 0.25) is 0 Å². The van der Waals surface area contributed by atoms with Gasteiger partial charge in [0.25, 0.3) is 0 Å². The predicted molar refractivity (Wildman–Crippen MR) is 54.0 cm³/mol. The van der Waals surface area contributed by atoms with E-state index in [2.05, 4.69) is 0 Å². The number of carboxylic acids is 3. The average Bonchev–Trinajstić information content (AvgIpc) is 2.16. The highest BCUT2D eigenvalue weighted by molar-refractivity contribution is 5.97. The summed E-state index contributed by atoms with van der Waals surface area (Å²) in [5.74, 6) is -4.73. The molecule has 1 rings (SSSR count). The van der Waals surface area contributed by atoms with E-state index in [1.54, 1.807) is 0 Å². The van der Waals surface area contributed by atoms with Crippen molar-refractivity contribution in [1.82, 2.24) is 12.3 Å². The molecule has 9 N–H and O–H groups in total. The SMILES string of the molecule is O=C([O-])c1cc(C(=O)[O-])cc(C(=O)O)c1.[NH4+].[NH4+]. The first-order valence-corrected chi connectivity index (χ1v) is 3.73. The maximum absolute atomic E-state index is 10.5. The molecule has 8 nitrogen and oxygen atoms in total. The summed E-state index contributed by atoms with van der Waals surface area (Å²) in [5.41, 5.74) is -1.49. The molecule has 0 saturated heterocycles. The summed E-state index contributed by atoms with van der Waals surface area (Å²) >= 11 is 0. The first-order valence-electron chi connectivity index (χ1n) is 3.73. The number of quaternary nitrogens is 2. The summed E-state index contributed by atoms with van der Waals surface area (Å²) in [7, 11) is 0. The van der Waals surface area contributed by atoms with E-state index in [0.717, 1.165) is 18.2 Å². The largest absolute Gasteiger partial charge is 0.545 e. The molecule has 0 atom stereocenters. The van der Waals surface area contributed by atoms with Crippen molar-refractivity contribution in [3.05, 3.63) is 34.9 Å². The summed E-state index contributed by atoms with van der Waals surface area (Å²) in [4.78, 5) is 31.4. The molecule has 0 aromatic heterocycles. The van der Waals surface area contributed by atoms with Gasteiger partial charge in [-0.15, -0.1) is 0 Å². The molecule has 0 saturated carbocycles. The van der Waals surface area contributed by atoms with Crippen molar-refractivity contribution in [2.45, 2.75) is 0 Å². The van der Waals surface area contributed by atoms with E-state index < -0.39 is 34.6 Å². The molecule has 17 heavy (non-hydrogen) atoms. The number of carbonyl (C=O) groups is 3. The molecular formula is C9H12N2O6. The van der Waals surface area contributed by atoms with Crippen LogP contribution in [-0.2, 0) is 0 Å². The van der Waals surface area contributed by atoms with E-state index in [1.807, 2.05) is 0 Å². The molecule has 8 heteroatoms. The van der Waals surface area contributed by atoms with Crippen molar-refractivity contribution >= 4 is 17.9 Å². The lowest BCUT2D eigenvalue weighted by Gasteiger charge is -2.08. The monoisotopic (exact) mass is 244 g/mol. The van der Waals surface area contributed by atoms with Crippen LogP contribution >= 0.6 is 0 Å². The third-order valence-corrected chi connectivity index (χ3v) is 1.65. The van der Waals surface area contributed by atoms with Crippen molar-refractivity contribution in [1.29, 1.82) is 0 Å². The zero-order valence-electron chi connectivity index (χ0n) is 9.22. The van der Waals surface area contributed by atoms with Gasteiger partial charge in [-0.3, -0.25) is 0 Å². The fourth-order valence-corrected chi connectivity index (χ4v) is 0.987. The van der Waals surface area contributed by atoms with Gasteiger partial charge < -0.3 is 37.2 Å². The quantitative estimate of drug-likeness (QED) is 0.601. The Morgan fingerprint density at radius 2 is 1.12 bits per heavy atom. The van der Waals surface area contributed by atoms with Crippen LogP contribution in [-0.4, -0.2) is 23.0 Å². The Labute approximate surface area is 95.7 Å². The highest BCUT2D eigenvalue weighted by Gasteiger charge is 2.08. The highest BCUT2D eigenvalue weighted by Crippen LogP contribution is 2.09. The van der Waals surface area contributed by atoms with E-state index in [1.165, 1.54) is 0 Å². The van der Waals surface area contributed by atoms with Gasteiger partial charge in [0.1, 0.15) is 0 Å². The number of hydrogen-bond donors (Lipinski definition) is 3. The van der Waals surface area contributed by atoms with Crippen LogP contribution < -0.4 is 22.5 Å². The molecule has 0 aliphatic heterocycles. The minimum atomic E-state index is -1.65. The zero-order chi connectivity index (χ0) is 11.6. The Balaban J connectivity index is 0. The smallest absolute Gasteiger partial charge is 0.335 e. The fourth-order valence-electron chi connectivity index (χ4n) is 0.987. The molecule has 0 unspecified atom stereocenters. The Hall–Kier alpha value is -2.45. The van der Waals surface area contributed by atoms with Gasteiger partial charge in [-0.25, -0.2) is 4.79 Å². The normalized spacial score (nSPS) is 8.47. The molecular weight excluding hydrogens is 232 g/mol. The number of aromatic carboxylic acids is 3. The van der Waals surface area contributed by atoms with Crippen molar-refractivity contribution in [3.63, 3.8) is 0 Å². The number of hydrogen-bond acceptors (Lipinski definition) is 5. The minimum Gasteiger partial charge on any atom is -0.545 e. The van der Waals surface area contributed by atoms with E-state index in [9.17, 15) is 24.6 Å². The third-order valence-electron chi connectivity index (χ3n) is 1.65. The number of carboxylic acid groups (broad SMARTS) is 3. The van der Waals surface area contributed by atoms with E-state index in [0.29, 0.717) is 0 Å². The van der Waals surface area contributed by atoms with Crippen LogP contribution in [0.5, 0.6) is 0 Å². The first kappa shape index (κ1) is 17.0. The molecule has 0 bridgehead atoms. The number of benzene rings is 1. The molecule has 0 aliphatic carbocycles.